The Labute approximate surface area is 116 Å². The Hall–Kier alpha value is -1.33. The fraction of sp³-hybridized carbons (Fsp3) is 0.143. The number of aliphatic hydroxyl groups is 1. The summed E-state index contributed by atoms with van der Waals surface area (Å²) in [6.45, 7) is 0. The summed E-state index contributed by atoms with van der Waals surface area (Å²) in [5.41, 5.74) is 0.837. The summed E-state index contributed by atoms with van der Waals surface area (Å²) >= 11 is 3.23. The molecule has 0 unspecified atom stereocenters. The highest BCUT2D eigenvalue weighted by atomic mass is 79.9. The second kappa shape index (κ2) is 5.35. The van der Waals surface area contributed by atoms with E-state index < -0.39 is 12.3 Å². The fourth-order valence-corrected chi connectivity index (χ4v) is 2.17. The first-order valence-corrected chi connectivity index (χ1v) is 6.28. The predicted octanol–water partition coefficient (Wildman–Crippen LogP) is 4.71. The van der Waals surface area contributed by atoms with Gasteiger partial charge in [0, 0.05) is 4.47 Å². The fourth-order valence-electron chi connectivity index (χ4n) is 1.81. The molecule has 0 radical (unpaired) electrons. The molecular formula is C14H10BrF3O. The lowest BCUT2D eigenvalue weighted by Crippen LogP contribution is -2.20. The van der Waals surface area contributed by atoms with Crippen molar-refractivity contribution in [3.05, 3.63) is 58.6 Å². The van der Waals surface area contributed by atoms with Gasteiger partial charge in [0.05, 0.1) is 0 Å². The van der Waals surface area contributed by atoms with E-state index in [2.05, 4.69) is 15.9 Å². The monoisotopic (exact) mass is 330 g/mol. The minimum absolute atomic E-state index is 0.151. The molecule has 0 heterocycles. The number of alkyl halides is 3. The molecule has 19 heavy (non-hydrogen) atoms. The predicted molar refractivity (Wildman–Crippen MR) is 70.6 cm³/mol. The van der Waals surface area contributed by atoms with Crippen LogP contribution in [0.4, 0.5) is 13.2 Å². The van der Waals surface area contributed by atoms with Crippen LogP contribution in [-0.2, 0) is 0 Å². The van der Waals surface area contributed by atoms with Gasteiger partial charge in [-0.3, -0.25) is 0 Å². The summed E-state index contributed by atoms with van der Waals surface area (Å²) in [5, 5.41) is 9.45. The highest BCUT2D eigenvalue weighted by Crippen LogP contribution is 2.38. The SMILES string of the molecule is O[C@H](c1ccc(Br)cc1-c1ccccc1)C(F)(F)F. The quantitative estimate of drug-likeness (QED) is 0.845. The van der Waals surface area contributed by atoms with Gasteiger partial charge < -0.3 is 5.11 Å². The zero-order valence-electron chi connectivity index (χ0n) is 9.66. The molecule has 0 aliphatic carbocycles. The standard InChI is InChI=1S/C14H10BrF3O/c15-10-6-7-11(13(19)14(16,17)18)12(8-10)9-4-2-1-3-5-9/h1-8,13,19H/t13-/m1/s1. The Bertz CT molecular complexity index is 567. The number of hydrogen-bond donors (Lipinski definition) is 1. The summed E-state index contributed by atoms with van der Waals surface area (Å²) in [4.78, 5) is 0. The molecule has 0 saturated carbocycles. The highest BCUT2D eigenvalue weighted by molar-refractivity contribution is 9.10. The number of benzene rings is 2. The van der Waals surface area contributed by atoms with Crippen molar-refractivity contribution in [3.8, 4) is 11.1 Å². The van der Waals surface area contributed by atoms with Gasteiger partial charge in [-0.15, -0.1) is 0 Å². The third-order valence-corrected chi connectivity index (χ3v) is 3.20. The van der Waals surface area contributed by atoms with Crippen molar-refractivity contribution in [1.29, 1.82) is 0 Å². The van der Waals surface area contributed by atoms with Crippen LogP contribution in [0.2, 0.25) is 0 Å². The maximum Gasteiger partial charge on any atom is 0.418 e. The van der Waals surface area contributed by atoms with E-state index in [0.29, 0.717) is 15.6 Å². The second-order valence-corrected chi connectivity index (χ2v) is 4.96. The van der Waals surface area contributed by atoms with E-state index in [1.807, 2.05) is 0 Å². The Kier molecular flexibility index (Phi) is 3.96. The van der Waals surface area contributed by atoms with Crippen LogP contribution in [-0.4, -0.2) is 11.3 Å². The van der Waals surface area contributed by atoms with Crippen LogP contribution in [0.5, 0.6) is 0 Å². The van der Waals surface area contributed by atoms with E-state index in [-0.39, 0.29) is 5.56 Å². The van der Waals surface area contributed by atoms with Gasteiger partial charge in [-0.2, -0.15) is 13.2 Å². The minimum Gasteiger partial charge on any atom is -0.379 e. The zero-order chi connectivity index (χ0) is 14.0. The van der Waals surface area contributed by atoms with Crippen molar-refractivity contribution in [2.45, 2.75) is 12.3 Å². The van der Waals surface area contributed by atoms with Crippen LogP contribution in [0.1, 0.15) is 11.7 Å². The number of hydrogen-bond acceptors (Lipinski definition) is 1. The van der Waals surface area contributed by atoms with Gasteiger partial charge in [0.2, 0.25) is 0 Å². The molecule has 0 amide bonds. The van der Waals surface area contributed by atoms with Crippen molar-refractivity contribution in [3.63, 3.8) is 0 Å². The molecule has 0 aliphatic rings. The molecule has 0 saturated heterocycles. The molecule has 0 aliphatic heterocycles. The molecule has 2 rings (SSSR count). The molecule has 0 bridgehead atoms. The van der Waals surface area contributed by atoms with Crippen molar-refractivity contribution < 1.29 is 18.3 Å². The first-order valence-electron chi connectivity index (χ1n) is 5.49. The molecule has 2 aromatic rings. The lowest BCUT2D eigenvalue weighted by molar-refractivity contribution is -0.206. The van der Waals surface area contributed by atoms with Crippen LogP contribution in [0, 0.1) is 0 Å². The maximum atomic E-state index is 12.7. The Morgan fingerprint density at radius 1 is 1.00 bits per heavy atom. The molecule has 2 aromatic carbocycles. The van der Waals surface area contributed by atoms with Gasteiger partial charge >= 0.3 is 6.18 Å². The Morgan fingerprint density at radius 2 is 1.63 bits per heavy atom. The summed E-state index contributed by atoms with van der Waals surface area (Å²) in [6.07, 6.45) is -7.17. The van der Waals surface area contributed by atoms with E-state index in [4.69, 9.17) is 0 Å². The molecule has 5 heteroatoms. The van der Waals surface area contributed by atoms with E-state index in [1.54, 1.807) is 36.4 Å². The number of rotatable bonds is 2. The summed E-state index contributed by atoms with van der Waals surface area (Å²) in [5.74, 6) is 0. The molecule has 1 nitrogen and oxygen atoms in total. The molecule has 0 fully saturated rings. The first-order chi connectivity index (χ1) is 8.89. The van der Waals surface area contributed by atoms with Crippen LogP contribution in [0.3, 0.4) is 0 Å². The molecule has 0 spiro atoms. The van der Waals surface area contributed by atoms with Gasteiger partial charge in [-0.05, 0) is 28.8 Å². The average molecular weight is 331 g/mol. The van der Waals surface area contributed by atoms with Gasteiger partial charge in [0.15, 0.2) is 6.10 Å². The van der Waals surface area contributed by atoms with Crippen LogP contribution in [0.25, 0.3) is 11.1 Å². The smallest absolute Gasteiger partial charge is 0.379 e. The zero-order valence-corrected chi connectivity index (χ0v) is 11.2. The highest BCUT2D eigenvalue weighted by Gasteiger charge is 2.40. The van der Waals surface area contributed by atoms with Crippen molar-refractivity contribution in [1.82, 2.24) is 0 Å². The average Bonchev–Trinajstić information content (AvgIpc) is 2.38. The molecule has 1 N–H and O–H groups in total. The van der Waals surface area contributed by atoms with E-state index >= 15 is 0 Å². The van der Waals surface area contributed by atoms with E-state index in [0.717, 1.165) is 0 Å². The van der Waals surface area contributed by atoms with Gasteiger partial charge in [0.25, 0.3) is 0 Å². The van der Waals surface area contributed by atoms with E-state index in [1.165, 1.54) is 12.1 Å². The maximum absolute atomic E-state index is 12.7. The van der Waals surface area contributed by atoms with Gasteiger partial charge in [-0.25, -0.2) is 0 Å². The van der Waals surface area contributed by atoms with Crippen molar-refractivity contribution in [2.24, 2.45) is 0 Å². The summed E-state index contributed by atoms with van der Waals surface area (Å²) in [7, 11) is 0. The second-order valence-electron chi connectivity index (χ2n) is 4.04. The molecular weight excluding hydrogens is 321 g/mol. The molecule has 0 aromatic heterocycles. The lowest BCUT2D eigenvalue weighted by Gasteiger charge is -2.18. The third-order valence-electron chi connectivity index (χ3n) is 2.70. The summed E-state index contributed by atoms with van der Waals surface area (Å²) in [6, 6.07) is 13.0. The van der Waals surface area contributed by atoms with E-state index in [9.17, 15) is 18.3 Å². The normalized spacial score (nSPS) is 13.3. The number of halogens is 4. The minimum atomic E-state index is -4.68. The van der Waals surface area contributed by atoms with Crippen LogP contribution >= 0.6 is 15.9 Å². The molecule has 1 atom stereocenters. The van der Waals surface area contributed by atoms with Crippen molar-refractivity contribution >= 4 is 15.9 Å². The lowest BCUT2D eigenvalue weighted by atomic mass is 9.96. The third kappa shape index (κ3) is 3.16. The van der Waals surface area contributed by atoms with Crippen LogP contribution in [0.15, 0.2) is 53.0 Å². The number of aliphatic hydroxyl groups excluding tert-OH is 1. The molecule has 100 valence electrons. The van der Waals surface area contributed by atoms with Gasteiger partial charge in [-0.1, -0.05) is 52.3 Å². The van der Waals surface area contributed by atoms with Gasteiger partial charge in [0.1, 0.15) is 0 Å². The first kappa shape index (κ1) is 14.1. The van der Waals surface area contributed by atoms with Crippen molar-refractivity contribution in [2.75, 3.05) is 0 Å². The van der Waals surface area contributed by atoms with Crippen LogP contribution < -0.4 is 0 Å². The topological polar surface area (TPSA) is 20.2 Å². The summed E-state index contributed by atoms with van der Waals surface area (Å²) < 4.78 is 38.7. The Balaban J connectivity index is 2.57. The Morgan fingerprint density at radius 3 is 2.21 bits per heavy atom. The largest absolute Gasteiger partial charge is 0.418 e.